The van der Waals surface area contributed by atoms with Gasteiger partial charge in [0.25, 0.3) is 0 Å². The number of fused-ring (bicyclic) bond motifs is 3. The summed E-state index contributed by atoms with van der Waals surface area (Å²) in [5.74, 6) is 1.04. The Morgan fingerprint density at radius 1 is 0.514 bits per heavy atom. The Bertz CT molecular complexity index is 1860. The molecule has 5 aromatic carbocycles. The average Bonchev–Trinajstić information content (AvgIpc) is 3.57. The van der Waals surface area contributed by atoms with E-state index in [0.29, 0.717) is 11.8 Å². The lowest BCUT2D eigenvalue weighted by Gasteiger charge is -2.08. The Kier molecular flexibility index (Phi) is 4.96. The van der Waals surface area contributed by atoms with Crippen molar-refractivity contribution in [1.29, 1.82) is 0 Å². The molecule has 0 aliphatic rings. The van der Waals surface area contributed by atoms with Crippen LogP contribution in [-0.4, -0.2) is 14.8 Å². The van der Waals surface area contributed by atoms with E-state index in [1.807, 2.05) is 36.4 Å². The van der Waals surface area contributed by atoms with Crippen molar-refractivity contribution in [2.24, 2.45) is 0 Å². The summed E-state index contributed by atoms with van der Waals surface area (Å²) in [6.45, 7) is 2.06. The van der Waals surface area contributed by atoms with Gasteiger partial charge in [0.15, 0.2) is 0 Å². The lowest BCUT2D eigenvalue weighted by atomic mass is 10.0. The first kappa shape index (κ1) is 21.3. The zero-order valence-electron chi connectivity index (χ0n) is 20.3. The molecule has 2 heterocycles. The fraction of sp³-hybridized carbons (Fsp3) is 0.0303. The molecule has 0 radical (unpaired) electrons. The van der Waals surface area contributed by atoms with E-state index in [2.05, 4.69) is 107 Å². The van der Waals surface area contributed by atoms with Gasteiger partial charge in [0, 0.05) is 27.6 Å². The molecule has 7 rings (SSSR count). The van der Waals surface area contributed by atoms with Crippen LogP contribution in [0.15, 0.2) is 126 Å². The minimum atomic E-state index is 0.517. The van der Waals surface area contributed by atoms with Crippen LogP contribution in [0.3, 0.4) is 0 Å². The smallest absolute Gasteiger partial charge is 0.248 e. The van der Waals surface area contributed by atoms with E-state index in [0.717, 1.165) is 22.4 Å². The van der Waals surface area contributed by atoms with Gasteiger partial charge in [-0.05, 0) is 72.6 Å². The molecule has 0 saturated carbocycles. The molecule has 0 unspecified atom stereocenters. The first-order valence-electron chi connectivity index (χ1n) is 12.3. The van der Waals surface area contributed by atoms with Gasteiger partial charge in [-0.2, -0.15) is 0 Å². The third-order valence-electron chi connectivity index (χ3n) is 6.88. The van der Waals surface area contributed by atoms with E-state index >= 15 is 0 Å². The molecular formula is C33H23N3O. The number of aromatic nitrogens is 3. The van der Waals surface area contributed by atoms with Crippen LogP contribution in [0.25, 0.3) is 61.5 Å². The Morgan fingerprint density at radius 3 is 1.81 bits per heavy atom. The average molecular weight is 478 g/mol. The molecule has 0 aliphatic carbocycles. The van der Waals surface area contributed by atoms with Crippen molar-refractivity contribution in [2.45, 2.75) is 6.92 Å². The number of rotatable bonds is 4. The largest absolute Gasteiger partial charge is 0.416 e. The summed E-state index contributed by atoms with van der Waals surface area (Å²) < 4.78 is 8.30. The van der Waals surface area contributed by atoms with Crippen molar-refractivity contribution in [1.82, 2.24) is 14.8 Å². The molecule has 0 aliphatic heterocycles. The van der Waals surface area contributed by atoms with Crippen LogP contribution in [0, 0.1) is 6.92 Å². The third kappa shape index (κ3) is 3.71. The Labute approximate surface area is 214 Å². The Balaban J connectivity index is 1.26. The van der Waals surface area contributed by atoms with Gasteiger partial charge in [-0.1, -0.05) is 72.3 Å². The van der Waals surface area contributed by atoms with Gasteiger partial charge in [0.2, 0.25) is 11.8 Å². The normalized spacial score (nSPS) is 11.4. The van der Waals surface area contributed by atoms with Gasteiger partial charge in [-0.25, -0.2) is 0 Å². The zero-order chi connectivity index (χ0) is 24.8. The molecule has 0 atom stereocenters. The predicted molar refractivity (Wildman–Crippen MR) is 150 cm³/mol. The number of para-hydroxylation sites is 2. The second-order valence-electron chi connectivity index (χ2n) is 9.28. The van der Waals surface area contributed by atoms with Gasteiger partial charge < -0.3 is 8.98 Å². The van der Waals surface area contributed by atoms with E-state index in [4.69, 9.17) is 4.42 Å². The second-order valence-corrected chi connectivity index (χ2v) is 9.28. The second kappa shape index (κ2) is 8.61. The number of aryl methyl sites for hydroxylation is 1. The molecule has 7 aromatic rings. The van der Waals surface area contributed by atoms with Crippen LogP contribution in [0.5, 0.6) is 0 Å². The summed E-state index contributed by atoms with van der Waals surface area (Å²) in [5.41, 5.74) is 8.89. The third-order valence-corrected chi connectivity index (χ3v) is 6.88. The van der Waals surface area contributed by atoms with Crippen molar-refractivity contribution < 1.29 is 4.42 Å². The zero-order valence-corrected chi connectivity index (χ0v) is 20.3. The Morgan fingerprint density at radius 2 is 1.08 bits per heavy atom. The van der Waals surface area contributed by atoms with Crippen LogP contribution in [0.4, 0.5) is 0 Å². The summed E-state index contributed by atoms with van der Waals surface area (Å²) in [6, 6.07) is 42.2. The SMILES string of the molecule is Cc1ccc(-c2nnc(-c3ccc(-c4ccc5c(c4)c4ccccc4n5-c4ccccc4)cc3)o2)cc1. The lowest BCUT2D eigenvalue weighted by molar-refractivity contribution is 0.584. The molecule has 0 spiro atoms. The van der Waals surface area contributed by atoms with Gasteiger partial charge >= 0.3 is 0 Å². The van der Waals surface area contributed by atoms with Crippen LogP contribution in [0.2, 0.25) is 0 Å². The summed E-state index contributed by atoms with van der Waals surface area (Å²) in [7, 11) is 0. The van der Waals surface area contributed by atoms with Crippen molar-refractivity contribution in [2.75, 3.05) is 0 Å². The summed E-state index contributed by atoms with van der Waals surface area (Å²) in [6.07, 6.45) is 0. The monoisotopic (exact) mass is 477 g/mol. The van der Waals surface area contributed by atoms with Crippen molar-refractivity contribution >= 4 is 21.8 Å². The van der Waals surface area contributed by atoms with E-state index in [9.17, 15) is 0 Å². The van der Waals surface area contributed by atoms with Crippen molar-refractivity contribution in [3.8, 4) is 39.7 Å². The van der Waals surface area contributed by atoms with E-state index in [1.165, 1.54) is 32.9 Å². The van der Waals surface area contributed by atoms with Crippen LogP contribution >= 0.6 is 0 Å². The number of hydrogen-bond acceptors (Lipinski definition) is 3. The molecule has 4 nitrogen and oxygen atoms in total. The summed E-state index contributed by atoms with van der Waals surface area (Å²) in [5, 5.41) is 11.0. The molecule has 0 bridgehead atoms. The number of nitrogens with zero attached hydrogens (tertiary/aromatic N) is 3. The standard InChI is InChI=1S/C33H23N3O/c1-22-11-13-24(14-12-22)32-34-35-33(37-32)25-17-15-23(16-18-25)26-19-20-31-29(21-26)28-9-5-6-10-30(28)36(31)27-7-3-2-4-8-27/h2-21H,1H3. The summed E-state index contributed by atoms with van der Waals surface area (Å²) in [4.78, 5) is 0. The highest BCUT2D eigenvalue weighted by atomic mass is 16.4. The number of hydrogen-bond donors (Lipinski definition) is 0. The maximum atomic E-state index is 5.97. The maximum Gasteiger partial charge on any atom is 0.248 e. The highest BCUT2D eigenvalue weighted by Crippen LogP contribution is 2.35. The van der Waals surface area contributed by atoms with Gasteiger partial charge in [0.05, 0.1) is 11.0 Å². The van der Waals surface area contributed by atoms with Crippen molar-refractivity contribution in [3.05, 3.63) is 127 Å². The minimum absolute atomic E-state index is 0.517. The summed E-state index contributed by atoms with van der Waals surface area (Å²) >= 11 is 0. The first-order chi connectivity index (χ1) is 18.2. The van der Waals surface area contributed by atoms with Gasteiger partial charge in [-0.15, -0.1) is 10.2 Å². The molecule has 0 N–H and O–H groups in total. The molecule has 0 fully saturated rings. The fourth-order valence-corrected chi connectivity index (χ4v) is 4.97. The quantitative estimate of drug-likeness (QED) is 0.255. The highest BCUT2D eigenvalue weighted by Gasteiger charge is 2.14. The molecular weight excluding hydrogens is 454 g/mol. The topological polar surface area (TPSA) is 43.9 Å². The minimum Gasteiger partial charge on any atom is -0.416 e. The molecule has 37 heavy (non-hydrogen) atoms. The fourth-order valence-electron chi connectivity index (χ4n) is 4.97. The number of benzene rings is 5. The van der Waals surface area contributed by atoms with Crippen LogP contribution < -0.4 is 0 Å². The molecule has 176 valence electrons. The predicted octanol–water partition coefficient (Wildman–Crippen LogP) is 8.48. The van der Waals surface area contributed by atoms with Gasteiger partial charge in [-0.3, -0.25) is 0 Å². The Hall–Kier alpha value is -4.96. The van der Waals surface area contributed by atoms with Gasteiger partial charge in [0.1, 0.15) is 0 Å². The molecule has 4 heteroatoms. The maximum absolute atomic E-state index is 5.97. The van der Waals surface area contributed by atoms with Crippen LogP contribution in [0.1, 0.15) is 5.56 Å². The van der Waals surface area contributed by atoms with E-state index in [-0.39, 0.29) is 0 Å². The molecule has 0 amide bonds. The van der Waals surface area contributed by atoms with Crippen LogP contribution in [-0.2, 0) is 0 Å². The molecule has 0 saturated heterocycles. The van der Waals surface area contributed by atoms with Crippen molar-refractivity contribution in [3.63, 3.8) is 0 Å². The highest BCUT2D eigenvalue weighted by molar-refractivity contribution is 6.10. The first-order valence-corrected chi connectivity index (χ1v) is 12.3. The van der Waals surface area contributed by atoms with E-state index in [1.54, 1.807) is 0 Å². The molecule has 2 aromatic heterocycles. The van der Waals surface area contributed by atoms with E-state index < -0.39 is 0 Å². The lowest BCUT2D eigenvalue weighted by Crippen LogP contribution is -1.92.